The van der Waals surface area contributed by atoms with Gasteiger partial charge in [0.05, 0.1) is 5.56 Å². The van der Waals surface area contributed by atoms with Gasteiger partial charge in [0.15, 0.2) is 12.4 Å². The summed E-state index contributed by atoms with van der Waals surface area (Å²) in [5, 5.41) is 13.6. The fourth-order valence-electron chi connectivity index (χ4n) is 1.49. The summed E-state index contributed by atoms with van der Waals surface area (Å²) in [6.07, 6.45) is 2.59. The lowest BCUT2D eigenvalue weighted by Gasteiger charge is -2.07. The molecule has 5 heteroatoms. The quantitative estimate of drug-likeness (QED) is 0.685. The summed E-state index contributed by atoms with van der Waals surface area (Å²) in [6, 6.07) is 8.52. The highest BCUT2D eigenvalue weighted by atomic mass is 79.9. The van der Waals surface area contributed by atoms with Crippen molar-refractivity contribution >= 4 is 27.5 Å². The Hall–Kier alpha value is -1.88. The van der Waals surface area contributed by atoms with E-state index in [-0.39, 0.29) is 5.91 Å². The highest BCUT2D eigenvalue weighted by Gasteiger charge is 2.07. The van der Waals surface area contributed by atoms with Gasteiger partial charge in [0.1, 0.15) is 0 Å². The van der Waals surface area contributed by atoms with Crippen LogP contribution in [0.15, 0.2) is 47.2 Å². The van der Waals surface area contributed by atoms with Crippen LogP contribution in [0.3, 0.4) is 0 Å². The van der Waals surface area contributed by atoms with E-state index >= 15 is 0 Å². The molecule has 0 saturated carbocycles. The molecule has 0 radical (unpaired) electrons. The molecule has 92 valence electrons. The topological polar surface area (TPSA) is 56.0 Å². The number of hydrogen-bond acceptors (Lipinski definition) is 2. The highest BCUT2D eigenvalue weighted by Crippen LogP contribution is 2.20. The molecule has 0 saturated heterocycles. The monoisotopic (exact) mass is 306 g/mol. The third kappa shape index (κ3) is 2.87. The summed E-state index contributed by atoms with van der Waals surface area (Å²) in [6.45, 7) is 1.95. The van der Waals surface area contributed by atoms with Crippen molar-refractivity contribution in [2.45, 2.75) is 6.92 Å². The normalized spacial score (nSPS) is 10.1. The van der Waals surface area contributed by atoms with Crippen molar-refractivity contribution in [2.75, 3.05) is 5.32 Å². The first-order valence-corrected chi connectivity index (χ1v) is 6.12. The van der Waals surface area contributed by atoms with Gasteiger partial charge in [-0.05, 0) is 30.7 Å². The van der Waals surface area contributed by atoms with Crippen LogP contribution in [-0.2, 0) is 0 Å². The number of hydrogen-bond donors (Lipinski definition) is 1. The average molecular weight is 307 g/mol. The molecule has 4 nitrogen and oxygen atoms in total. The molecular formula is C13H11BrN2O2. The number of rotatable bonds is 2. The van der Waals surface area contributed by atoms with Crippen LogP contribution in [0.4, 0.5) is 5.69 Å². The minimum absolute atomic E-state index is 0.239. The molecule has 2 rings (SSSR count). The molecule has 1 aromatic heterocycles. The van der Waals surface area contributed by atoms with Crippen molar-refractivity contribution in [3.63, 3.8) is 0 Å². The molecule has 0 atom stereocenters. The number of aromatic nitrogens is 1. The fourth-order valence-corrected chi connectivity index (χ4v) is 1.74. The Bertz CT molecular complexity index is 582. The molecule has 1 heterocycles. The van der Waals surface area contributed by atoms with Gasteiger partial charge < -0.3 is 10.5 Å². The van der Waals surface area contributed by atoms with Gasteiger partial charge in [0.25, 0.3) is 5.91 Å². The highest BCUT2D eigenvalue weighted by molar-refractivity contribution is 9.10. The molecular weight excluding hydrogens is 296 g/mol. The van der Waals surface area contributed by atoms with E-state index in [1.54, 1.807) is 0 Å². The van der Waals surface area contributed by atoms with Crippen LogP contribution in [0.5, 0.6) is 0 Å². The predicted molar refractivity (Wildman–Crippen MR) is 72.2 cm³/mol. The van der Waals surface area contributed by atoms with Crippen LogP contribution < -0.4 is 10.0 Å². The van der Waals surface area contributed by atoms with E-state index in [2.05, 4.69) is 21.2 Å². The molecule has 0 aliphatic carbocycles. The molecule has 1 aromatic carbocycles. The van der Waals surface area contributed by atoms with Crippen molar-refractivity contribution in [2.24, 2.45) is 0 Å². The predicted octanol–water partition coefficient (Wildman–Crippen LogP) is 2.64. The van der Waals surface area contributed by atoms with Crippen LogP contribution in [0.2, 0.25) is 0 Å². The molecule has 0 spiro atoms. The Morgan fingerprint density at radius 3 is 2.56 bits per heavy atom. The zero-order chi connectivity index (χ0) is 13.1. The van der Waals surface area contributed by atoms with Gasteiger partial charge in [0, 0.05) is 22.3 Å². The third-order valence-electron chi connectivity index (χ3n) is 2.48. The molecule has 0 fully saturated rings. The number of benzene rings is 1. The lowest BCUT2D eigenvalue weighted by molar-refractivity contribution is -0.605. The maximum absolute atomic E-state index is 11.9. The van der Waals surface area contributed by atoms with Crippen LogP contribution in [0.1, 0.15) is 15.9 Å². The molecule has 1 N–H and O–H groups in total. The first-order valence-electron chi connectivity index (χ1n) is 5.32. The van der Waals surface area contributed by atoms with Crippen molar-refractivity contribution in [1.29, 1.82) is 0 Å². The molecule has 0 aliphatic rings. The second-order valence-electron chi connectivity index (χ2n) is 3.86. The molecule has 0 unspecified atom stereocenters. The Labute approximate surface area is 113 Å². The second kappa shape index (κ2) is 5.18. The minimum Gasteiger partial charge on any atom is -0.619 e. The third-order valence-corrected chi connectivity index (χ3v) is 3.37. The lowest BCUT2D eigenvalue weighted by atomic mass is 10.2. The number of carbonyl (C=O) groups is 1. The van der Waals surface area contributed by atoms with Gasteiger partial charge in [-0.25, -0.2) is 0 Å². The van der Waals surface area contributed by atoms with Crippen LogP contribution >= 0.6 is 15.9 Å². The van der Waals surface area contributed by atoms with Gasteiger partial charge in [-0.2, -0.15) is 4.73 Å². The average Bonchev–Trinajstić information content (AvgIpc) is 2.34. The minimum atomic E-state index is -0.239. The number of nitrogens with one attached hydrogen (secondary N) is 1. The number of carbonyl (C=O) groups excluding carboxylic acids is 1. The van der Waals surface area contributed by atoms with Crippen LogP contribution in [0.25, 0.3) is 0 Å². The Morgan fingerprint density at radius 1 is 1.28 bits per heavy atom. The summed E-state index contributed by atoms with van der Waals surface area (Å²) < 4.78 is 1.63. The molecule has 0 aliphatic heterocycles. The summed E-state index contributed by atoms with van der Waals surface area (Å²) in [7, 11) is 0. The maximum atomic E-state index is 11.9. The van der Waals surface area contributed by atoms with E-state index in [4.69, 9.17) is 0 Å². The standard InChI is InChI=1S/C13H11BrN2O2/c1-9-8-11(2-3-12(9)14)15-13(17)10-4-6-16(18)7-5-10/h2-8H,1H3,(H,15,17). The smallest absolute Gasteiger partial charge is 0.256 e. The second-order valence-corrected chi connectivity index (χ2v) is 4.72. The van der Waals surface area contributed by atoms with Crippen molar-refractivity contribution < 1.29 is 9.52 Å². The molecule has 1 amide bonds. The summed E-state index contributed by atoms with van der Waals surface area (Å²) in [4.78, 5) is 11.9. The van der Waals surface area contributed by atoms with Crippen LogP contribution in [-0.4, -0.2) is 5.91 Å². The zero-order valence-corrected chi connectivity index (χ0v) is 11.3. The van der Waals surface area contributed by atoms with Gasteiger partial charge >= 0.3 is 0 Å². The first-order chi connectivity index (χ1) is 8.56. The van der Waals surface area contributed by atoms with Gasteiger partial charge in [-0.3, -0.25) is 4.79 Å². The molecule has 18 heavy (non-hydrogen) atoms. The Kier molecular flexibility index (Phi) is 3.62. The van der Waals surface area contributed by atoms with Crippen molar-refractivity contribution in [3.8, 4) is 0 Å². The lowest BCUT2D eigenvalue weighted by Crippen LogP contribution is -2.25. The van der Waals surface area contributed by atoms with E-state index in [0.717, 1.165) is 15.7 Å². The summed E-state index contributed by atoms with van der Waals surface area (Å²) >= 11 is 3.40. The Balaban J connectivity index is 2.16. The molecule has 2 aromatic rings. The van der Waals surface area contributed by atoms with E-state index in [1.807, 2.05) is 25.1 Å². The van der Waals surface area contributed by atoms with Gasteiger partial charge in [-0.15, -0.1) is 0 Å². The van der Waals surface area contributed by atoms with Crippen molar-refractivity contribution in [1.82, 2.24) is 0 Å². The zero-order valence-electron chi connectivity index (χ0n) is 9.68. The Morgan fingerprint density at radius 2 is 1.94 bits per heavy atom. The number of aryl methyl sites for hydroxylation is 1. The maximum Gasteiger partial charge on any atom is 0.256 e. The first kappa shape index (κ1) is 12.6. The SMILES string of the molecule is Cc1cc(NC(=O)c2cc[n+]([O-])cc2)ccc1Br. The van der Waals surface area contributed by atoms with Gasteiger partial charge in [0.2, 0.25) is 0 Å². The van der Waals surface area contributed by atoms with E-state index in [0.29, 0.717) is 10.3 Å². The number of amides is 1. The summed E-state index contributed by atoms with van der Waals surface area (Å²) in [5.41, 5.74) is 2.21. The van der Waals surface area contributed by atoms with E-state index < -0.39 is 0 Å². The number of pyridine rings is 1. The van der Waals surface area contributed by atoms with Crippen molar-refractivity contribution in [3.05, 3.63) is 63.5 Å². The summed E-state index contributed by atoms with van der Waals surface area (Å²) in [5.74, 6) is -0.239. The number of halogens is 1. The largest absolute Gasteiger partial charge is 0.619 e. The fraction of sp³-hybridized carbons (Fsp3) is 0.0769. The number of anilines is 1. The van der Waals surface area contributed by atoms with E-state index in [1.165, 1.54) is 24.5 Å². The van der Waals surface area contributed by atoms with E-state index in [9.17, 15) is 10.0 Å². The van der Waals surface area contributed by atoms with Crippen LogP contribution in [0, 0.1) is 12.1 Å². The van der Waals surface area contributed by atoms with Gasteiger partial charge in [-0.1, -0.05) is 15.9 Å². The molecule has 0 bridgehead atoms. The number of nitrogens with zero attached hydrogens (tertiary/aromatic N) is 1.